The maximum atomic E-state index is 13.5. The predicted octanol–water partition coefficient (Wildman–Crippen LogP) is 4.12. The van der Waals surface area contributed by atoms with Gasteiger partial charge in [-0.2, -0.15) is 0 Å². The summed E-state index contributed by atoms with van der Waals surface area (Å²) in [6, 6.07) is 8.07. The molecule has 0 radical (unpaired) electrons. The number of carbonyl (C=O) groups is 1. The molecule has 0 atom stereocenters. The van der Waals surface area contributed by atoms with Crippen LogP contribution in [0.15, 0.2) is 48.9 Å². The Hall–Kier alpha value is -3.10. The lowest BCUT2D eigenvalue weighted by molar-refractivity contribution is -0.122. The van der Waals surface area contributed by atoms with Gasteiger partial charge >= 0.3 is 0 Å². The highest BCUT2D eigenvalue weighted by Crippen LogP contribution is 2.34. The van der Waals surface area contributed by atoms with E-state index in [2.05, 4.69) is 20.2 Å². The fourth-order valence-corrected chi connectivity index (χ4v) is 4.06. The van der Waals surface area contributed by atoms with Gasteiger partial charge in [0.1, 0.15) is 17.3 Å². The van der Waals surface area contributed by atoms with Crippen LogP contribution in [0.25, 0.3) is 22.5 Å². The van der Waals surface area contributed by atoms with Gasteiger partial charge in [0.05, 0.1) is 23.5 Å². The van der Waals surface area contributed by atoms with Crippen LogP contribution in [0.1, 0.15) is 19.3 Å². The standard InChI is InChI=1S/C24H25ClFN5O2/c1-33-13-9-22(32)29-18-7-11-31(12-8-18)21-15-28-23(16-2-4-17(26)5-3-16)24(30-21)19-6-10-27-14-20(19)25/h2-6,10,14-15,18H,7-9,11-13H2,1H3,(H,29,32). The maximum Gasteiger partial charge on any atom is 0.222 e. The van der Waals surface area contributed by atoms with E-state index in [1.807, 2.05) is 0 Å². The van der Waals surface area contributed by atoms with Crippen LogP contribution in [-0.2, 0) is 9.53 Å². The summed E-state index contributed by atoms with van der Waals surface area (Å²) < 4.78 is 18.4. The minimum Gasteiger partial charge on any atom is -0.384 e. The van der Waals surface area contributed by atoms with Gasteiger partial charge in [0.25, 0.3) is 0 Å². The summed E-state index contributed by atoms with van der Waals surface area (Å²) in [6.45, 7) is 1.90. The molecule has 1 aliphatic heterocycles. The first-order valence-electron chi connectivity index (χ1n) is 10.8. The molecule has 1 amide bonds. The number of anilines is 1. The Morgan fingerprint density at radius 2 is 1.94 bits per heavy atom. The number of ether oxygens (including phenoxy) is 1. The molecule has 0 saturated carbocycles. The Balaban J connectivity index is 1.57. The van der Waals surface area contributed by atoms with Gasteiger partial charge in [-0.1, -0.05) is 11.6 Å². The predicted molar refractivity (Wildman–Crippen MR) is 126 cm³/mol. The van der Waals surface area contributed by atoms with Crippen LogP contribution in [-0.4, -0.2) is 53.7 Å². The van der Waals surface area contributed by atoms with Gasteiger partial charge in [0.15, 0.2) is 0 Å². The van der Waals surface area contributed by atoms with E-state index >= 15 is 0 Å². The van der Waals surface area contributed by atoms with Crippen molar-refractivity contribution in [1.29, 1.82) is 0 Å². The highest BCUT2D eigenvalue weighted by atomic mass is 35.5. The van der Waals surface area contributed by atoms with Crippen molar-refractivity contribution in [3.05, 3.63) is 59.8 Å². The summed E-state index contributed by atoms with van der Waals surface area (Å²) in [6.07, 6.45) is 6.94. The maximum absolute atomic E-state index is 13.5. The quantitative estimate of drug-likeness (QED) is 0.560. The average molecular weight is 470 g/mol. The van der Waals surface area contributed by atoms with Crippen molar-refractivity contribution in [1.82, 2.24) is 20.3 Å². The monoisotopic (exact) mass is 469 g/mol. The molecule has 0 unspecified atom stereocenters. The number of benzene rings is 1. The largest absolute Gasteiger partial charge is 0.384 e. The molecule has 172 valence electrons. The number of carbonyl (C=O) groups excluding carboxylic acids is 1. The SMILES string of the molecule is COCCC(=O)NC1CCN(c2cnc(-c3ccc(F)cc3)c(-c3ccncc3Cl)n2)CC1. The lowest BCUT2D eigenvalue weighted by Gasteiger charge is -2.33. The van der Waals surface area contributed by atoms with Crippen molar-refractivity contribution in [2.75, 3.05) is 31.7 Å². The van der Waals surface area contributed by atoms with Gasteiger partial charge in [-0.3, -0.25) is 14.8 Å². The number of hydrogen-bond donors (Lipinski definition) is 1. The van der Waals surface area contributed by atoms with Crippen LogP contribution in [0, 0.1) is 5.82 Å². The molecule has 3 heterocycles. The molecule has 2 aromatic heterocycles. The van der Waals surface area contributed by atoms with E-state index in [4.69, 9.17) is 21.3 Å². The molecule has 1 saturated heterocycles. The second-order valence-corrected chi connectivity index (χ2v) is 8.27. The van der Waals surface area contributed by atoms with Gasteiger partial charge in [0.2, 0.25) is 5.91 Å². The highest BCUT2D eigenvalue weighted by Gasteiger charge is 2.23. The lowest BCUT2D eigenvalue weighted by atomic mass is 10.0. The highest BCUT2D eigenvalue weighted by molar-refractivity contribution is 6.33. The Bertz CT molecular complexity index is 1100. The number of hydrogen-bond acceptors (Lipinski definition) is 6. The fraction of sp³-hybridized carbons (Fsp3) is 0.333. The molecule has 33 heavy (non-hydrogen) atoms. The first-order valence-corrected chi connectivity index (χ1v) is 11.2. The molecular formula is C24H25ClFN5O2. The van der Waals surface area contributed by atoms with Gasteiger partial charge in [-0.05, 0) is 43.2 Å². The van der Waals surface area contributed by atoms with E-state index in [-0.39, 0.29) is 17.8 Å². The molecular weight excluding hydrogens is 445 g/mol. The Kier molecular flexibility index (Phi) is 7.47. The van der Waals surface area contributed by atoms with E-state index in [9.17, 15) is 9.18 Å². The van der Waals surface area contributed by atoms with Gasteiger partial charge in [-0.25, -0.2) is 9.37 Å². The zero-order valence-electron chi connectivity index (χ0n) is 18.3. The molecule has 9 heteroatoms. The zero-order chi connectivity index (χ0) is 23.2. The minimum absolute atomic E-state index is 0.00774. The van der Waals surface area contributed by atoms with Gasteiger partial charge in [-0.15, -0.1) is 0 Å². The summed E-state index contributed by atoms with van der Waals surface area (Å²) in [4.78, 5) is 27.8. The van der Waals surface area contributed by atoms with E-state index in [1.165, 1.54) is 12.1 Å². The molecule has 1 fully saturated rings. The van der Waals surface area contributed by atoms with Crippen molar-refractivity contribution in [3.63, 3.8) is 0 Å². The summed E-state index contributed by atoms with van der Waals surface area (Å²) in [5.41, 5.74) is 2.69. The number of halogens is 2. The minimum atomic E-state index is -0.316. The average Bonchev–Trinajstić information content (AvgIpc) is 2.84. The second-order valence-electron chi connectivity index (χ2n) is 7.86. The van der Waals surface area contributed by atoms with Crippen molar-refractivity contribution in [3.8, 4) is 22.5 Å². The Morgan fingerprint density at radius 3 is 2.64 bits per heavy atom. The van der Waals surface area contributed by atoms with Crippen molar-refractivity contribution >= 4 is 23.3 Å². The molecule has 0 bridgehead atoms. The molecule has 4 rings (SSSR count). The molecule has 7 nitrogen and oxygen atoms in total. The number of piperidine rings is 1. The van der Waals surface area contributed by atoms with Crippen LogP contribution in [0.4, 0.5) is 10.2 Å². The van der Waals surface area contributed by atoms with Crippen LogP contribution in [0.3, 0.4) is 0 Å². The third-order valence-electron chi connectivity index (χ3n) is 5.62. The van der Waals surface area contributed by atoms with E-state index in [0.29, 0.717) is 35.0 Å². The number of rotatable bonds is 7. The Morgan fingerprint density at radius 1 is 1.18 bits per heavy atom. The first-order chi connectivity index (χ1) is 16.0. The summed E-state index contributed by atoms with van der Waals surface area (Å²) in [7, 11) is 1.58. The molecule has 0 aliphatic carbocycles. The van der Waals surface area contributed by atoms with Gasteiger partial charge in [0, 0.05) is 56.2 Å². The number of pyridine rings is 1. The van der Waals surface area contributed by atoms with Crippen LogP contribution < -0.4 is 10.2 Å². The smallest absolute Gasteiger partial charge is 0.222 e. The van der Waals surface area contributed by atoms with Gasteiger partial charge < -0.3 is 15.0 Å². The molecule has 3 aromatic rings. The van der Waals surface area contributed by atoms with E-state index in [1.54, 1.807) is 43.9 Å². The Labute approximate surface area is 197 Å². The third-order valence-corrected chi connectivity index (χ3v) is 5.92. The zero-order valence-corrected chi connectivity index (χ0v) is 19.1. The third kappa shape index (κ3) is 5.64. The first kappa shape index (κ1) is 23.1. The summed E-state index contributed by atoms with van der Waals surface area (Å²) >= 11 is 6.43. The number of amides is 1. The van der Waals surface area contributed by atoms with E-state index in [0.717, 1.165) is 37.3 Å². The summed E-state index contributed by atoms with van der Waals surface area (Å²) in [5, 5.41) is 3.53. The molecule has 1 N–H and O–H groups in total. The lowest BCUT2D eigenvalue weighted by Crippen LogP contribution is -2.45. The molecule has 1 aromatic carbocycles. The topological polar surface area (TPSA) is 80.2 Å². The normalized spacial score (nSPS) is 14.3. The molecule has 0 spiro atoms. The van der Waals surface area contributed by atoms with Crippen LogP contribution >= 0.6 is 11.6 Å². The van der Waals surface area contributed by atoms with Crippen LogP contribution in [0.2, 0.25) is 5.02 Å². The van der Waals surface area contributed by atoms with Crippen molar-refractivity contribution in [2.24, 2.45) is 0 Å². The number of nitrogens with zero attached hydrogens (tertiary/aromatic N) is 4. The fourth-order valence-electron chi connectivity index (χ4n) is 3.85. The number of aromatic nitrogens is 3. The van der Waals surface area contributed by atoms with Crippen LogP contribution in [0.5, 0.6) is 0 Å². The van der Waals surface area contributed by atoms with Crippen molar-refractivity contribution < 1.29 is 13.9 Å². The molecule has 1 aliphatic rings. The second kappa shape index (κ2) is 10.7. The van der Waals surface area contributed by atoms with Crippen molar-refractivity contribution in [2.45, 2.75) is 25.3 Å². The number of methoxy groups -OCH3 is 1. The number of nitrogens with one attached hydrogen (secondary N) is 1. The van der Waals surface area contributed by atoms with E-state index < -0.39 is 0 Å². The summed E-state index contributed by atoms with van der Waals surface area (Å²) in [5.74, 6) is 0.422.